The van der Waals surface area contributed by atoms with Crippen molar-refractivity contribution >= 4 is 6.21 Å². The van der Waals surface area contributed by atoms with Crippen LogP contribution in [0.5, 0.6) is 0 Å². The van der Waals surface area contributed by atoms with Crippen molar-refractivity contribution in [1.29, 1.82) is 0 Å². The maximum Gasteiger partial charge on any atom is 0.178 e. The predicted molar refractivity (Wildman–Crippen MR) is 62.3 cm³/mol. The zero-order valence-electron chi connectivity index (χ0n) is 9.63. The summed E-state index contributed by atoms with van der Waals surface area (Å²) in [7, 11) is 3.10. The van der Waals surface area contributed by atoms with Gasteiger partial charge in [0.1, 0.15) is 0 Å². The van der Waals surface area contributed by atoms with E-state index >= 15 is 0 Å². The minimum Gasteiger partial charge on any atom is -0.624 e. The molecule has 16 heavy (non-hydrogen) atoms. The van der Waals surface area contributed by atoms with E-state index in [0.29, 0.717) is 13.0 Å². The summed E-state index contributed by atoms with van der Waals surface area (Å²) >= 11 is 0. The lowest BCUT2D eigenvalue weighted by Crippen LogP contribution is -2.16. The van der Waals surface area contributed by atoms with Crippen molar-refractivity contribution in [2.24, 2.45) is 0 Å². The smallest absolute Gasteiger partial charge is 0.178 e. The highest BCUT2D eigenvalue weighted by molar-refractivity contribution is 5.51. The molecule has 1 aromatic carbocycles. The summed E-state index contributed by atoms with van der Waals surface area (Å²) in [5.74, 6) is 0. The van der Waals surface area contributed by atoms with E-state index in [1.807, 2.05) is 30.3 Å². The average Bonchev–Trinajstić information content (AvgIpc) is 2.31. The Hall–Kier alpha value is -1.39. The molecular formula is C12H17NO3. The summed E-state index contributed by atoms with van der Waals surface area (Å²) < 4.78 is 10.9. The van der Waals surface area contributed by atoms with Gasteiger partial charge in [-0.05, 0) is 0 Å². The SMILES string of the molecule is COC(C/C=[N+](/[O-])Cc1ccccc1)OC. The van der Waals surface area contributed by atoms with Crippen LogP contribution in [0.25, 0.3) is 0 Å². The Morgan fingerprint density at radius 3 is 2.44 bits per heavy atom. The van der Waals surface area contributed by atoms with E-state index in [1.54, 1.807) is 14.2 Å². The van der Waals surface area contributed by atoms with Crippen LogP contribution in [0, 0.1) is 5.21 Å². The third-order valence-corrected chi connectivity index (χ3v) is 2.21. The van der Waals surface area contributed by atoms with Crippen molar-refractivity contribution in [2.45, 2.75) is 19.3 Å². The molecule has 88 valence electrons. The summed E-state index contributed by atoms with van der Waals surface area (Å²) in [4.78, 5) is 0. The van der Waals surface area contributed by atoms with E-state index in [-0.39, 0.29) is 6.29 Å². The number of benzene rings is 1. The Labute approximate surface area is 95.7 Å². The lowest BCUT2D eigenvalue weighted by atomic mass is 10.2. The first-order valence-electron chi connectivity index (χ1n) is 5.13. The van der Waals surface area contributed by atoms with Gasteiger partial charge in [0.25, 0.3) is 0 Å². The number of methoxy groups -OCH3 is 2. The highest BCUT2D eigenvalue weighted by Crippen LogP contribution is 2.00. The maximum absolute atomic E-state index is 11.5. The van der Waals surface area contributed by atoms with E-state index < -0.39 is 0 Å². The number of rotatable bonds is 6. The Morgan fingerprint density at radius 1 is 1.25 bits per heavy atom. The summed E-state index contributed by atoms with van der Waals surface area (Å²) in [6.07, 6.45) is 1.63. The van der Waals surface area contributed by atoms with E-state index in [1.165, 1.54) is 6.21 Å². The lowest BCUT2D eigenvalue weighted by molar-refractivity contribution is -0.471. The van der Waals surface area contributed by atoms with Crippen LogP contribution >= 0.6 is 0 Å². The van der Waals surface area contributed by atoms with Crippen molar-refractivity contribution in [1.82, 2.24) is 0 Å². The van der Waals surface area contributed by atoms with Gasteiger partial charge in [0.15, 0.2) is 19.0 Å². The van der Waals surface area contributed by atoms with Crippen LogP contribution in [0.15, 0.2) is 30.3 Å². The van der Waals surface area contributed by atoms with Gasteiger partial charge in [-0.2, -0.15) is 0 Å². The molecule has 0 saturated heterocycles. The van der Waals surface area contributed by atoms with E-state index in [2.05, 4.69) is 0 Å². The molecule has 0 N–H and O–H groups in total. The van der Waals surface area contributed by atoms with Crippen molar-refractivity contribution < 1.29 is 14.2 Å². The molecule has 0 unspecified atom stereocenters. The van der Waals surface area contributed by atoms with Gasteiger partial charge in [-0.1, -0.05) is 30.3 Å². The number of hydrogen-bond donors (Lipinski definition) is 0. The molecule has 0 heterocycles. The van der Waals surface area contributed by atoms with Gasteiger partial charge in [-0.3, -0.25) is 0 Å². The van der Waals surface area contributed by atoms with Gasteiger partial charge in [0, 0.05) is 19.8 Å². The summed E-state index contributed by atoms with van der Waals surface area (Å²) in [5.41, 5.74) is 0.986. The fraction of sp³-hybridized carbons (Fsp3) is 0.417. The Morgan fingerprint density at radius 2 is 1.88 bits per heavy atom. The van der Waals surface area contributed by atoms with Crippen LogP contribution < -0.4 is 0 Å². The minimum absolute atomic E-state index is 0.348. The molecule has 0 atom stereocenters. The summed E-state index contributed by atoms with van der Waals surface area (Å²) in [6, 6.07) is 9.59. The van der Waals surface area contributed by atoms with Gasteiger partial charge in [-0.25, -0.2) is 4.74 Å². The van der Waals surface area contributed by atoms with E-state index in [4.69, 9.17) is 9.47 Å². The monoisotopic (exact) mass is 223 g/mol. The van der Waals surface area contributed by atoms with Gasteiger partial charge in [0.2, 0.25) is 0 Å². The number of hydrogen-bond acceptors (Lipinski definition) is 3. The van der Waals surface area contributed by atoms with Gasteiger partial charge in [0.05, 0.1) is 6.42 Å². The maximum atomic E-state index is 11.5. The van der Waals surface area contributed by atoms with Crippen LogP contribution in [0.2, 0.25) is 0 Å². The number of nitrogens with zero attached hydrogens (tertiary/aromatic N) is 1. The zero-order chi connectivity index (χ0) is 11.8. The molecular weight excluding hydrogens is 206 g/mol. The molecule has 0 aromatic heterocycles. The molecule has 1 rings (SSSR count). The first-order valence-corrected chi connectivity index (χ1v) is 5.13. The Balaban J connectivity index is 2.45. The second kappa shape index (κ2) is 6.98. The molecule has 4 nitrogen and oxygen atoms in total. The molecule has 1 aromatic rings. The molecule has 0 radical (unpaired) electrons. The molecule has 0 spiro atoms. The minimum atomic E-state index is -0.354. The topological polar surface area (TPSA) is 44.5 Å². The van der Waals surface area contributed by atoms with Crippen molar-refractivity contribution in [2.75, 3.05) is 14.2 Å². The quantitative estimate of drug-likeness (QED) is 0.243. The summed E-state index contributed by atoms with van der Waals surface area (Å²) in [5, 5.41) is 11.5. The van der Waals surface area contributed by atoms with Crippen LogP contribution in [0.1, 0.15) is 12.0 Å². The van der Waals surface area contributed by atoms with E-state index in [0.717, 1.165) is 10.3 Å². The first-order chi connectivity index (χ1) is 7.76. The fourth-order valence-electron chi connectivity index (χ4n) is 1.32. The average molecular weight is 223 g/mol. The van der Waals surface area contributed by atoms with Gasteiger partial charge < -0.3 is 14.7 Å². The lowest BCUT2D eigenvalue weighted by Gasteiger charge is -2.10. The largest absolute Gasteiger partial charge is 0.624 e. The Bertz CT molecular complexity index is 320. The number of ether oxygens (including phenoxy) is 2. The number of hydroxylamine groups is 1. The van der Waals surface area contributed by atoms with Crippen molar-refractivity contribution in [3.63, 3.8) is 0 Å². The van der Waals surface area contributed by atoms with Crippen LogP contribution in [-0.4, -0.2) is 31.5 Å². The molecule has 0 aliphatic rings. The van der Waals surface area contributed by atoms with Crippen LogP contribution in [0.4, 0.5) is 0 Å². The second-order valence-electron chi connectivity index (χ2n) is 3.38. The van der Waals surface area contributed by atoms with Gasteiger partial charge in [-0.15, -0.1) is 0 Å². The molecule has 0 aliphatic heterocycles. The molecule has 0 saturated carbocycles. The van der Waals surface area contributed by atoms with Crippen molar-refractivity contribution in [3.8, 4) is 0 Å². The second-order valence-corrected chi connectivity index (χ2v) is 3.38. The van der Waals surface area contributed by atoms with Crippen LogP contribution in [0.3, 0.4) is 0 Å². The first kappa shape index (κ1) is 12.7. The molecule has 4 heteroatoms. The van der Waals surface area contributed by atoms with Gasteiger partial charge >= 0.3 is 0 Å². The highest BCUT2D eigenvalue weighted by Gasteiger charge is 2.05. The summed E-state index contributed by atoms with van der Waals surface area (Å²) in [6.45, 7) is 0.348. The normalized spacial score (nSPS) is 12.1. The molecule has 0 fully saturated rings. The Kier molecular flexibility index (Phi) is 5.53. The van der Waals surface area contributed by atoms with Crippen LogP contribution in [-0.2, 0) is 16.0 Å². The fourth-order valence-corrected chi connectivity index (χ4v) is 1.32. The predicted octanol–water partition coefficient (Wildman–Crippen LogP) is 1.78. The van der Waals surface area contributed by atoms with Crippen molar-refractivity contribution in [3.05, 3.63) is 41.1 Å². The molecule has 0 amide bonds. The standard InChI is InChI=1S/C12H17NO3/c1-15-12(16-2)8-9-13(14)10-11-6-4-3-5-7-11/h3-7,9,12H,8,10H2,1-2H3/b13-9+. The zero-order valence-corrected chi connectivity index (χ0v) is 9.63. The highest BCUT2D eigenvalue weighted by atomic mass is 16.7. The molecule has 0 bridgehead atoms. The van der Waals surface area contributed by atoms with E-state index in [9.17, 15) is 5.21 Å². The third kappa shape index (κ3) is 4.42. The third-order valence-electron chi connectivity index (χ3n) is 2.21. The molecule has 0 aliphatic carbocycles.